The molecule has 164 valence electrons. The van der Waals surface area contributed by atoms with E-state index >= 15 is 0 Å². The number of para-hydroxylation sites is 2. The van der Waals surface area contributed by atoms with Crippen LogP contribution in [-0.2, 0) is 11.3 Å². The Balaban J connectivity index is 1.43. The fraction of sp³-hybridized carbons (Fsp3) is 0.440. The van der Waals surface area contributed by atoms with Crippen molar-refractivity contribution in [1.82, 2.24) is 14.5 Å². The number of aryl methyl sites for hydroxylation is 2. The number of fused-ring (bicyclic) bond motifs is 1. The highest BCUT2D eigenvalue weighted by Gasteiger charge is 2.22. The zero-order valence-electron chi connectivity index (χ0n) is 18.6. The molecule has 0 N–H and O–H groups in total. The number of hydrogen-bond donors (Lipinski definition) is 0. The first kappa shape index (κ1) is 21.8. The number of ether oxygens (including phenoxy) is 1. The van der Waals surface area contributed by atoms with Crippen LogP contribution in [-0.4, -0.2) is 45.8 Å². The van der Waals surface area contributed by atoms with Crippen LogP contribution in [0.5, 0.6) is 5.75 Å². The molecule has 3 aromatic rings. The number of imidazole rings is 1. The molecule has 31 heavy (non-hydrogen) atoms. The molecule has 1 aliphatic rings. The lowest BCUT2D eigenvalue weighted by atomic mass is 9.99. The topological polar surface area (TPSA) is 47.4 Å². The second-order valence-electron chi connectivity index (χ2n) is 8.50. The summed E-state index contributed by atoms with van der Waals surface area (Å²) < 4.78 is 8.07. The van der Waals surface area contributed by atoms with E-state index in [-0.39, 0.29) is 5.91 Å². The van der Waals surface area contributed by atoms with Crippen molar-refractivity contribution in [1.29, 1.82) is 0 Å². The standard InChI is InChI=1S/C25H31N3O2S/c1-18-10-12-27(13-11-18)24(29)17-28-22-7-5-4-6-21(22)26-25(28)31-15-14-30-23-16-19(2)8-9-20(23)3/h4-9,16,18H,10-15,17H2,1-3H3. The molecule has 0 radical (unpaired) electrons. The minimum absolute atomic E-state index is 0.184. The molecule has 0 spiro atoms. The van der Waals surface area contributed by atoms with E-state index in [4.69, 9.17) is 9.72 Å². The molecule has 2 aromatic carbocycles. The van der Waals surface area contributed by atoms with Crippen LogP contribution in [0.4, 0.5) is 0 Å². The smallest absolute Gasteiger partial charge is 0.242 e. The maximum atomic E-state index is 13.0. The molecule has 0 bridgehead atoms. The van der Waals surface area contributed by atoms with E-state index in [1.54, 1.807) is 11.8 Å². The third kappa shape index (κ3) is 5.24. The molecule has 0 unspecified atom stereocenters. The van der Waals surface area contributed by atoms with Crippen molar-refractivity contribution in [3.63, 3.8) is 0 Å². The maximum absolute atomic E-state index is 13.0. The van der Waals surface area contributed by atoms with E-state index in [1.807, 2.05) is 29.2 Å². The Morgan fingerprint density at radius 3 is 2.74 bits per heavy atom. The molecule has 1 saturated heterocycles. The first-order valence-corrected chi connectivity index (χ1v) is 12.1. The SMILES string of the molecule is Cc1ccc(C)c(OCCSc2nc3ccccc3n2CC(=O)N2CCC(C)CC2)c1. The molecule has 6 heteroatoms. The van der Waals surface area contributed by atoms with E-state index in [0.29, 0.717) is 19.1 Å². The van der Waals surface area contributed by atoms with Crippen LogP contribution in [0.1, 0.15) is 30.9 Å². The third-order valence-corrected chi connectivity index (χ3v) is 6.91. The number of piperidine rings is 1. The van der Waals surface area contributed by atoms with Gasteiger partial charge in [0, 0.05) is 18.8 Å². The van der Waals surface area contributed by atoms with Crippen LogP contribution < -0.4 is 4.74 Å². The average Bonchev–Trinajstić information content (AvgIpc) is 3.11. The fourth-order valence-corrected chi connectivity index (χ4v) is 4.79. The van der Waals surface area contributed by atoms with Gasteiger partial charge in [0.2, 0.25) is 5.91 Å². The Hall–Kier alpha value is -2.47. The molecule has 1 fully saturated rings. The molecule has 5 nitrogen and oxygen atoms in total. The van der Waals surface area contributed by atoms with Crippen molar-refractivity contribution < 1.29 is 9.53 Å². The number of benzene rings is 2. The van der Waals surface area contributed by atoms with Crippen LogP contribution in [0.3, 0.4) is 0 Å². The first-order valence-electron chi connectivity index (χ1n) is 11.1. The number of hydrogen-bond acceptors (Lipinski definition) is 4. The zero-order valence-corrected chi connectivity index (χ0v) is 19.5. The van der Waals surface area contributed by atoms with Crippen molar-refractivity contribution in [3.8, 4) is 5.75 Å². The molecule has 1 amide bonds. The van der Waals surface area contributed by atoms with Gasteiger partial charge >= 0.3 is 0 Å². The summed E-state index contributed by atoms with van der Waals surface area (Å²) in [5, 5.41) is 0.879. The molecule has 0 atom stereocenters. The quantitative estimate of drug-likeness (QED) is 0.382. The minimum atomic E-state index is 0.184. The zero-order chi connectivity index (χ0) is 21.8. The highest BCUT2D eigenvalue weighted by molar-refractivity contribution is 7.99. The summed E-state index contributed by atoms with van der Waals surface area (Å²) >= 11 is 1.65. The number of nitrogens with zero attached hydrogens (tertiary/aromatic N) is 3. The van der Waals surface area contributed by atoms with Gasteiger partial charge in [0.25, 0.3) is 0 Å². The van der Waals surface area contributed by atoms with E-state index in [0.717, 1.165) is 59.2 Å². The van der Waals surface area contributed by atoms with Crippen molar-refractivity contribution in [2.75, 3.05) is 25.4 Å². The number of carbonyl (C=O) groups is 1. The predicted octanol–water partition coefficient (Wildman–Crippen LogP) is 5.08. The molecule has 0 aliphatic carbocycles. The second-order valence-corrected chi connectivity index (χ2v) is 9.56. The van der Waals surface area contributed by atoms with Gasteiger partial charge in [-0.3, -0.25) is 4.79 Å². The largest absolute Gasteiger partial charge is 0.492 e. The maximum Gasteiger partial charge on any atom is 0.242 e. The minimum Gasteiger partial charge on any atom is -0.492 e. The molecule has 4 rings (SSSR count). The molecule has 0 saturated carbocycles. The van der Waals surface area contributed by atoms with Crippen LogP contribution in [0, 0.1) is 19.8 Å². The summed E-state index contributed by atoms with van der Waals surface area (Å²) in [5.74, 6) is 2.60. The third-order valence-electron chi connectivity index (χ3n) is 5.96. The summed E-state index contributed by atoms with van der Waals surface area (Å²) in [6.07, 6.45) is 2.18. The summed E-state index contributed by atoms with van der Waals surface area (Å²) in [6, 6.07) is 14.3. The Bertz CT molecular complexity index is 1050. The summed E-state index contributed by atoms with van der Waals surface area (Å²) in [5.41, 5.74) is 4.28. The summed E-state index contributed by atoms with van der Waals surface area (Å²) in [6.45, 7) is 9.06. The molecule has 2 heterocycles. The molecule has 1 aliphatic heterocycles. The van der Waals surface area contributed by atoms with Gasteiger partial charge in [-0.05, 0) is 61.9 Å². The Morgan fingerprint density at radius 2 is 1.94 bits per heavy atom. The second kappa shape index (κ2) is 9.77. The van der Waals surface area contributed by atoms with Crippen LogP contribution in [0.2, 0.25) is 0 Å². The number of amides is 1. The highest BCUT2D eigenvalue weighted by Crippen LogP contribution is 2.26. The number of rotatable bonds is 7. The Morgan fingerprint density at radius 1 is 1.16 bits per heavy atom. The van der Waals surface area contributed by atoms with Crippen LogP contribution >= 0.6 is 11.8 Å². The Labute approximate surface area is 188 Å². The highest BCUT2D eigenvalue weighted by atomic mass is 32.2. The average molecular weight is 438 g/mol. The van der Waals surface area contributed by atoms with E-state index in [1.165, 1.54) is 5.56 Å². The van der Waals surface area contributed by atoms with Gasteiger partial charge in [-0.1, -0.05) is 43.0 Å². The number of thioether (sulfide) groups is 1. The monoisotopic (exact) mass is 437 g/mol. The van der Waals surface area contributed by atoms with Gasteiger partial charge in [0.1, 0.15) is 12.3 Å². The van der Waals surface area contributed by atoms with Crippen molar-refractivity contribution >= 4 is 28.7 Å². The van der Waals surface area contributed by atoms with Gasteiger partial charge in [-0.2, -0.15) is 0 Å². The molecular formula is C25H31N3O2S. The fourth-order valence-electron chi connectivity index (χ4n) is 3.96. The van der Waals surface area contributed by atoms with E-state index < -0.39 is 0 Å². The lowest BCUT2D eigenvalue weighted by Crippen LogP contribution is -2.39. The summed E-state index contributed by atoms with van der Waals surface area (Å²) in [4.78, 5) is 19.8. The van der Waals surface area contributed by atoms with Gasteiger partial charge in [-0.15, -0.1) is 0 Å². The van der Waals surface area contributed by atoms with E-state index in [2.05, 4.69) is 43.5 Å². The van der Waals surface area contributed by atoms with Crippen molar-refractivity contribution in [2.24, 2.45) is 5.92 Å². The lowest BCUT2D eigenvalue weighted by Gasteiger charge is -2.30. The van der Waals surface area contributed by atoms with Gasteiger partial charge in [0.05, 0.1) is 17.6 Å². The van der Waals surface area contributed by atoms with Gasteiger partial charge < -0.3 is 14.2 Å². The van der Waals surface area contributed by atoms with Gasteiger partial charge in [0.15, 0.2) is 5.16 Å². The number of carbonyl (C=O) groups excluding carboxylic acids is 1. The normalized spacial score (nSPS) is 14.9. The lowest BCUT2D eigenvalue weighted by molar-refractivity contribution is -0.133. The predicted molar refractivity (Wildman–Crippen MR) is 127 cm³/mol. The Kier molecular flexibility index (Phi) is 6.86. The van der Waals surface area contributed by atoms with Crippen molar-refractivity contribution in [2.45, 2.75) is 45.3 Å². The van der Waals surface area contributed by atoms with Gasteiger partial charge in [-0.25, -0.2) is 4.98 Å². The summed E-state index contributed by atoms with van der Waals surface area (Å²) in [7, 11) is 0. The number of aromatic nitrogens is 2. The van der Waals surface area contributed by atoms with Crippen LogP contribution in [0.25, 0.3) is 11.0 Å². The van der Waals surface area contributed by atoms with Crippen LogP contribution in [0.15, 0.2) is 47.6 Å². The number of likely N-dealkylation sites (tertiary alicyclic amines) is 1. The first-order chi connectivity index (χ1) is 15.0. The van der Waals surface area contributed by atoms with Crippen molar-refractivity contribution in [3.05, 3.63) is 53.6 Å². The van der Waals surface area contributed by atoms with E-state index in [9.17, 15) is 4.79 Å². The molecular weight excluding hydrogens is 406 g/mol. The molecule has 1 aromatic heterocycles.